The molecule has 5 nitrogen and oxygen atoms in total. The second-order valence-electron chi connectivity index (χ2n) is 5.37. The first-order valence-electron chi connectivity index (χ1n) is 7.49. The molecule has 1 aromatic rings. The number of aliphatic hydroxyl groups excluding tert-OH is 1. The van der Waals surface area contributed by atoms with Crippen molar-refractivity contribution in [2.45, 2.75) is 38.5 Å². The van der Waals surface area contributed by atoms with Gasteiger partial charge in [0.15, 0.2) is 11.5 Å². The van der Waals surface area contributed by atoms with Gasteiger partial charge in [-0.3, -0.25) is 0 Å². The van der Waals surface area contributed by atoms with E-state index in [0.29, 0.717) is 19.7 Å². The molecule has 1 heterocycles. The molecule has 0 aromatic heterocycles. The third kappa shape index (κ3) is 4.88. The van der Waals surface area contributed by atoms with Crippen LogP contribution in [0.25, 0.3) is 0 Å². The highest BCUT2D eigenvalue weighted by Crippen LogP contribution is 2.31. The first kappa shape index (κ1) is 16.1. The van der Waals surface area contributed by atoms with E-state index in [1.54, 1.807) is 14.0 Å². The van der Waals surface area contributed by atoms with Crippen molar-refractivity contribution >= 4 is 0 Å². The molecule has 1 fully saturated rings. The minimum atomic E-state index is -0.369. The van der Waals surface area contributed by atoms with Gasteiger partial charge >= 0.3 is 0 Å². The topological polar surface area (TPSA) is 60.0 Å². The third-order valence-corrected chi connectivity index (χ3v) is 3.47. The quantitative estimate of drug-likeness (QED) is 0.765. The van der Waals surface area contributed by atoms with E-state index in [9.17, 15) is 5.11 Å². The van der Waals surface area contributed by atoms with Gasteiger partial charge in [-0.2, -0.15) is 0 Å². The first-order chi connectivity index (χ1) is 10.2. The number of benzene rings is 1. The Bertz CT molecular complexity index is 430. The zero-order valence-corrected chi connectivity index (χ0v) is 12.8. The number of nitrogens with one attached hydrogen (secondary N) is 1. The highest BCUT2D eigenvalue weighted by Gasteiger charge is 2.18. The van der Waals surface area contributed by atoms with Crippen molar-refractivity contribution in [3.05, 3.63) is 23.8 Å². The Hall–Kier alpha value is -1.30. The SMILES string of the molecule is COc1cccc(CNCC(C)O)c1OCC1CCCO1. The lowest BCUT2D eigenvalue weighted by Gasteiger charge is -2.18. The molecule has 0 bridgehead atoms. The average Bonchev–Trinajstić information content (AvgIpc) is 2.98. The predicted octanol–water partition coefficient (Wildman–Crippen LogP) is 1.72. The molecule has 1 aliphatic rings. The summed E-state index contributed by atoms with van der Waals surface area (Å²) in [6.07, 6.45) is 1.95. The number of methoxy groups -OCH3 is 1. The maximum atomic E-state index is 9.31. The Kier molecular flexibility index (Phi) is 6.29. The number of hydrogen-bond donors (Lipinski definition) is 2. The van der Waals surface area contributed by atoms with Crippen LogP contribution in [0.2, 0.25) is 0 Å². The van der Waals surface area contributed by atoms with Gasteiger partial charge in [-0.25, -0.2) is 0 Å². The van der Waals surface area contributed by atoms with Crippen LogP contribution >= 0.6 is 0 Å². The monoisotopic (exact) mass is 295 g/mol. The van der Waals surface area contributed by atoms with Crippen LogP contribution in [0.3, 0.4) is 0 Å². The summed E-state index contributed by atoms with van der Waals surface area (Å²) >= 11 is 0. The van der Waals surface area contributed by atoms with Crippen LogP contribution < -0.4 is 14.8 Å². The molecule has 2 N–H and O–H groups in total. The zero-order chi connectivity index (χ0) is 15.1. The molecule has 0 radical (unpaired) electrons. The van der Waals surface area contributed by atoms with Crippen LogP contribution in [0.5, 0.6) is 11.5 Å². The van der Waals surface area contributed by atoms with Crippen LogP contribution in [0.4, 0.5) is 0 Å². The Balaban J connectivity index is 2.00. The van der Waals surface area contributed by atoms with E-state index in [2.05, 4.69) is 5.32 Å². The van der Waals surface area contributed by atoms with Crippen LogP contribution in [-0.4, -0.2) is 44.2 Å². The largest absolute Gasteiger partial charge is 0.493 e. The fourth-order valence-corrected chi connectivity index (χ4v) is 2.39. The maximum Gasteiger partial charge on any atom is 0.165 e. The number of rotatable bonds is 8. The van der Waals surface area contributed by atoms with Gasteiger partial charge < -0.3 is 24.6 Å². The second kappa shape index (κ2) is 8.22. The molecule has 118 valence electrons. The number of aliphatic hydroxyl groups is 1. The van der Waals surface area contributed by atoms with E-state index < -0.39 is 0 Å². The normalized spacial score (nSPS) is 19.5. The molecule has 1 aliphatic heterocycles. The van der Waals surface area contributed by atoms with Gasteiger partial charge in [0.25, 0.3) is 0 Å². The molecule has 2 atom stereocenters. The summed E-state index contributed by atoms with van der Waals surface area (Å²) in [5.41, 5.74) is 1.02. The Morgan fingerprint density at radius 1 is 1.48 bits per heavy atom. The van der Waals surface area contributed by atoms with Gasteiger partial charge in [-0.05, 0) is 25.8 Å². The molecule has 1 saturated heterocycles. The molecule has 0 amide bonds. The lowest BCUT2D eigenvalue weighted by Crippen LogP contribution is -2.24. The van der Waals surface area contributed by atoms with Crippen LogP contribution in [-0.2, 0) is 11.3 Å². The summed E-state index contributed by atoms with van der Waals surface area (Å²) in [6, 6.07) is 5.84. The molecule has 21 heavy (non-hydrogen) atoms. The van der Waals surface area contributed by atoms with E-state index in [0.717, 1.165) is 36.5 Å². The highest BCUT2D eigenvalue weighted by molar-refractivity contribution is 5.46. The van der Waals surface area contributed by atoms with Crippen LogP contribution in [0.15, 0.2) is 18.2 Å². The number of ether oxygens (including phenoxy) is 3. The van der Waals surface area contributed by atoms with Gasteiger partial charge in [0.05, 0.1) is 19.3 Å². The minimum absolute atomic E-state index is 0.174. The van der Waals surface area contributed by atoms with Crippen molar-refractivity contribution in [1.82, 2.24) is 5.32 Å². The fraction of sp³-hybridized carbons (Fsp3) is 0.625. The van der Waals surface area contributed by atoms with Crippen molar-refractivity contribution < 1.29 is 19.3 Å². The molecule has 5 heteroatoms. The van der Waals surface area contributed by atoms with Crippen molar-refractivity contribution in [3.8, 4) is 11.5 Å². The highest BCUT2D eigenvalue weighted by atomic mass is 16.5. The van der Waals surface area contributed by atoms with Gasteiger partial charge in [0.1, 0.15) is 6.61 Å². The van der Waals surface area contributed by atoms with E-state index in [1.807, 2.05) is 18.2 Å². The first-order valence-corrected chi connectivity index (χ1v) is 7.49. The number of para-hydroxylation sites is 1. The van der Waals surface area contributed by atoms with Crippen molar-refractivity contribution in [1.29, 1.82) is 0 Å². The maximum absolute atomic E-state index is 9.31. The summed E-state index contributed by atoms with van der Waals surface area (Å²) in [5, 5.41) is 12.5. The minimum Gasteiger partial charge on any atom is -0.493 e. The predicted molar refractivity (Wildman–Crippen MR) is 80.9 cm³/mol. The van der Waals surface area contributed by atoms with Crippen LogP contribution in [0, 0.1) is 0 Å². The van der Waals surface area contributed by atoms with E-state index in [1.165, 1.54) is 0 Å². The summed E-state index contributed by atoms with van der Waals surface area (Å²) in [7, 11) is 1.64. The molecule has 2 unspecified atom stereocenters. The van der Waals surface area contributed by atoms with Crippen molar-refractivity contribution in [3.63, 3.8) is 0 Å². The van der Waals surface area contributed by atoms with Gasteiger partial charge in [-0.1, -0.05) is 12.1 Å². The number of hydrogen-bond acceptors (Lipinski definition) is 5. The smallest absolute Gasteiger partial charge is 0.165 e. The van der Waals surface area contributed by atoms with E-state index >= 15 is 0 Å². The Morgan fingerprint density at radius 2 is 2.33 bits per heavy atom. The van der Waals surface area contributed by atoms with Crippen molar-refractivity contribution in [2.75, 3.05) is 26.9 Å². The zero-order valence-electron chi connectivity index (χ0n) is 12.8. The average molecular weight is 295 g/mol. The lowest BCUT2D eigenvalue weighted by molar-refractivity contribution is 0.0665. The van der Waals surface area contributed by atoms with Gasteiger partial charge in [0, 0.05) is 25.3 Å². The molecular formula is C16H25NO4. The summed E-state index contributed by atoms with van der Waals surface area (Å²) in [4.78, 5) is 0. The molecule has 0 aliphatic carbocycles. The van der Waals surface area contributed by atoms with Gasteiger partial charge in [0.2, 0.25) is 0 Å². The standard InChI is InChI=1S/C16H25NO4/c1-12(18)9-17-10-13-5-3-7-15(19-2)16(13)21-11-14-6-4-8-20-14/h3,5,7,12,14,17-18H,4,6,8-11H2,1-2H3. The fourth-order valence-electron chi connectivity index (χ4n) is 2.39. The Morgan fingerprint density at radius 3 is 3.00 bits per heavy atom. The van der Waals surface area contributed by atoms with Crippen molar-refractivity contribution in [2.24, 2.45) is 0 Å². The second-order valence-corrected chi connectivity index (χ2v) is 5.37. The third-order valence-electron chi connectivity index (χ3n) is 3.47. The molecular weight excluding hydrogens is 270 g/mol. The molecule has 0 spiro atoms. The molecule has 1 aromatic carbocycles. The Labute approximate surface area is 126 Å². The summed E-state index contributed by atoms with van der Waals surface area (Å²) in [5.74, 6) is 1.48. The van der Waals surface area contributed by atoms with Gasteiger partial charge in [-0.15, -0.1) is 0 Å². The summed E-state index contributed by atoms with van der Waals surface area (Å²) < 4.78 is 16.9. The molecule has 2 rings (SSSR count). The summed E-state index contributed by atoms with van der Waals surface area (Å²) in [6.45, 7) is 4.30. The van der Waals surface area contributed by atoms with Crippen LogP contribution in [0.1, 0.15) is 25.3 Å². The van der Waals surface area contributed by atoms with E-state index in [4.69, 9.17) is 14.2 Å². The van der Waals surface area contributed by atoms with E-state index in [-0.39, 0.29) is 12.2 Å². The lowest BCUT2D eigenvalue weighted by atomic mass is 10.1. The molecule has 0 saturated carbocycles.